The number of rotatable bonds is 5. The molecule has 3 nitrogen and oxygen atoms in total. The lowest BCUT2D eigenvalue weighted by Crippen LogP contribution is -2.42. The Labute approximate surface area is 88.3 Å². The van der Waals surface area contributed by atoms with E-state index in [-0.39, 0.29) is 11.3 Å². The fourth-order valence-corrected chi connectivity index (χ4v) is 2.08. The molecular weight excluding hydrogens is 198 g/mol. The molecule has 0 aromatic heterocycles. The van der Waals surface area contributed by atoms with Crippen molar-refractivity contribution in [2.24, 2.45) is 11.8 Å². The van der Waals surface area contributed by atoms with Crippen LogP contribution < -0.4 is 4.72 Å². The Morgan fingerprint density at radius 1 is 0.929 bits per heavy atom. The SMILES string of the molecule is CC(C)C(C)[C@@H](C)NS(=O)(=O)C(C)C. The van der Waals surface area contributed by atoms with Crippen LogP contribution in [0.5, 0.6) is 0 Å². The van der Waals surface area contributed by atoms with E-state index in [1.165, 1.54) is 0 Å². The summed E-state index contributed by atoms with van der Waals surface area (Å²) in [5.41, 5.74) is 0. The Hall–Kier alpha value is -0.0900. The third-order valence-corrected chi connectivity index (χ3v) is 4.75. The topological polar surface area (TPSA) is 46.2 Å². The summed E-state index contributed by atoms with van der Waals surface area (Å²) in [5, 5.41) is -0.357. The molecule has 1 unspecified atom stereocenters. The molecule has 0 bridgehead atoms. The summed E-state index contributed by atoms with van der Waals surface area (Å²) in [5.74, 6) is 0.836. The minimum atomic E-state index is -3.13. The van der Waals surface area contributed by atoms with Crippen molar-refractivity contribution in [3.8, 4) is 0 Å². The molecule has 86 valence electrons. The summed E-state index contributed by atoms with van der Waals surface area (Å²) in [4.78, 5) is 0. The molecule has 0 aliphatic heterocycles. The quantitative estimate of drug-likeness (QED) is 0.772. The van der Waals surface area contributed by atoms with Crippen molar-refractivity contribution in [2.75, 3.05) is 0 Å². The molecule has 0 aromatic carbocycles. The monoisotopic (exact) mass is 221 g/mol. The first-order valence-electron chi connectivity index (χ1n) is 5.19. The van der Waals surface area contributed by atoms with Gasteiger partial charge in [-0.1, -0.05) is 20.8 Å². The van der Waals surface area contributed by atoms with Gasteiger partial charge in [-0.05, 0) is 32.6 Å². The maximum Gasteiger partial charge on any atom is 0.214 e. The second kappa shape index (κ2) is 5.12. The first-order chi connectivity index (χ1) is 6.18. The highest BCUT2D eigenvalue weighted by molar-refractivity contribution is 7.90. The largest absolute Gasteiger partial charge is 0.214 e. The van der Waals surface area contributed by atoms with Crippen molar-refractivity contribution >= 4 is 10.0 Å². The zero-order valence-corrected chi connectivity index (χ0v) is 10.9. The number of sulfonamides is 1. The summed E-state index contributed by atoms with van der Waals surface area (Å²) in [6.07, 6.45) is 0. The van der Waals surface area contributed by atoms with E-state index in [2.05, 4.69) is 25.5 Å². The zero-order chi connectivity index (χ0) is 11.5. The molecule has 0 aliphatic carbocycles. The highest BCUT2D eigenvalue weighted by Gasteiger charge is 2.23. The number of hydrogen-bond acceptors (Lipinski definition) is 2. The normalized spacial score (nSPS) is 17.4. The van der Waals surface area contributed by atoms with Crippen molar-refractivity contribution < 1.29 is 8.42 Å². The first-order valence-corrected chi connectivity index (χ1v) is 6.74. The Morgan fingerprint density at radius 2 is 1.36 bits per heavy atom. The molecule has 0 saturated carbocycles. The van der Waals surface area contributed by atoms with Crippen LogP contribution in [0.1, 0.15) is 41.5 Å². The Balaban J connectivity index is 4.40. The lowest BCUT2D eigenvalue weighted by atomic mass is 9.92. The lowest BCUT2D eigenvalue weighted by molar-refractivity contribution is 0.343. The van der Waals surface area contributed by atoms with Gasteiger partial charge in [-0.3, -0.25) is 0 Å². The van der Waals surface area contributed by atoms with Gasteiger partial charge in [0.15, 0.2) is 0 Å². The molecule has 0 heterocycles. The summed E-state index contributed by atoms with van der Waals surface area (Å²) in [6.45, 7) is 11.6. The molecule has 0 amide bonds. The van der Waals surface area contributed by atoms with Gasteiger partial charge in [0.2, 0.25) is 10.0 Å². The van der Waals surface area contributed by atoms with Crippen LogP contribution in [0, 0.1) is 11.8 Å². The molecule has 0 radical (unpaired) electrons. The average Bonchev–Trinajstić information content (AvgIpc) is 2.01. The summed E-state index contributed by atoms with van der Waals surface area (Å²) < 4.78 is 25.8. The second-order valence-corrected chi connectivity index (χ2v) is 6.87. The summed E-state index contributed by atoms with van der Waals surface area (Å²) >= 11 is 0. The summed E-state index contributed by atoms with van der Waals surface area (Å²) in [7, 11) is -3.13. The molecule has 0 saturated heterocycles. The van der Waals surface area contributed by atoms with Gasteiger partial charge in [-0.15, -0.1) is 0 Å². The van der Waals surface area contributed by atoms with Crippen LogP contribution in [0.4, 0.5) is 0 Å². The smallest absolute Gasteiger partial charge is 0.212 e. The third kappa shape index (κ3) is 3.96. The molecule has 0 aromatic rings. The van der Waals surface area contributed by atoms with Gasteiger partial charge in [0.05, 0.1) is 5.25 Å². The number of hydrogen-bond donors (Lipinski definition) is 1. The van der Waals surface area contributed by atoms with Crippen LogP contribution in [0.2, 0.25) is 0 Å². The van der Waals surface area contributed by atoms with Gasteiger partial charge >= 0.3 is 0 Å². The van der Waals surface area contributed by atoms with E-state index < -0.39 is 10.0 Å². The van der Waals surface area contributed by atoms with Crippen molar-refractivity contribution in [3.05, 3.63) is 0 Å². The maximum atomic E-state index is 11.6. The van der Waals surface area contributed by atoms with E-state index in [1.54, 1.807) is 13.8 Å². The van der Waals surface area contributed by atoms with Gasteiger partial charge in [-0.2, -0.15) is 0 Å². The van der Waals surface area contributed by atoms with Gasteiger partial charge < -0.3 is 0 Å². The summed E-state index contributed by atoms with van der Waals surface area (Å²) in [6, 6.07) is 0.00222. The average molecular weight is 221 g/mol. The van der Waals surface area contributed by atoms with E-state index >= 15 is 0 Å². The van der Waals surface area contributed by atoms with Gasteiger partial charge in [0.25, 0.3) is 0 Å². The van der Waals surface area contributed by atoms with Crippen LogP contribution in [0.15, 0.2) is 0 Å². The second-order valence-electron chi connectivity index (χ2n) is 4.60. The molecule has 14 heavy (non-hydrogen) atoms. The van der Waals surface area contributed by atoms with Gasteiger partial charge in [-0.25, -0.2) is 13.1 Å². The maximum absolute atomic E-state index is 11.6. The zero-order valence-electron chi connectivity index (χ0n) is 10.0. The van der Waals surface area contributed by atoms with E-state index in [0.717, 1.165) is 0 Å². The van der Waals surface area contributed by atoms with E-state index in [1.807, 2.05) is 6.92 Å². The lowest BCUT2D eigenvalue weighted by Gasteiger charge is -2.25. The first kappa shape index (κ1) is 13.9. The van der Waals surface area contributed by atoms with Crippen molar-refractivity contribution in [1.29, 1.82) is 0 Å². The third-order valence-electron chi connectivity index (χ3n) is 2.81. The minimum Gasteiger partial charge on any atom is -0.212 e. The van der Waals surface area contributed by atoms with Crippen molar-refractivity contribution in [2.45, 2.75) is 52.8 Å². The Bertz CT molecular complexity index is 257. The predicted molar refractivity (Wildman–Crippen MR) is 60.7 cm³/mol. The molecule has 2 atom stereocenters. The molecule has 4 heteroatoms. The fraction of sp³-hybridized carbons (Fsp3) is 1.00. The highest BCUT2D eigenvalue weighted by atomic mass is 32.2. The van der Waals surface area contributed by atoms with E-state index in [0.29, 0.717) is 11.8 Å². The van der Waals surface area contributed by atoms with Crippen LogP contribution in [-0.4, -0.2) is 19.7 Å². The Morgan fingerprint density at radius 3 is 1.64 bits per heavy atom. The van der Waals surface area contributed by atoms with Crippen LogP contribution in [0.25, 0.3) is 0 Å². The van der Waals surface area contributed by atoms with Crippen LogP contribution in [0.3, 0.4) is 0 Å². The molecule has 0 aliphatic rings. The predicted octanol–water partition coefficient (Wildman–Crippen LogP) is 1.99. The van der Waals surface area contributed by atoms with E-state index in [4.69, 9.17) is 0 Å². The molecular formula is C10H23NO2S. The van der Waals surface area contributed by atoms with Crippen LogP contribution >= 0.6 is 0 Å². The Kier molecular flexibility index (Phi) is 5.09. The molecule has 0 spiro atoms. The molecule has 0 rings (SSSR count). The van der Waals surface area contributed by atoms with Crippen LogP contribution in [-0.2, 0) is 10.0 Å². The number of nitrogens with one attached hydrogen (secondary N) is 1. The molecule has 1 N–H and O–H groups in total. The van der Waals surface area contributed by atoms with Gasteiger partial charge in [0.1, 0.15) is 0 Å². The van der Waals surface area contributed by atoms with Crippen molar-refractivity contribution in [3.63, 3.8) is 0 Å². The minimum absolute atomic E-state index is 0.00222. The fourth-order valence-electron chi connectivity index (χ4n) is 1.08. The highest BCUT2D eigenvalue weighted by Crippen LogP contribution is 2.15. The van der Waals surface area contributed by atoms with E-state index in [9.17, 15) is 8.42 Å². The van der Waals surface area contributed by atoms with Gasteiger partial charge in [0, 0.05) is 6.04 Å². The standard InChI is InChI=1S/C10H23NO2S/c1-7(2)9(5)10(6)11-14(12,13)8(3)4/h7-11H,1-6H3/t9?,10-/m1/s1. The van der Waals surface area contributed by atoms with Crippen molar-refractivity contribution in [1.82, 2.24) is 4.72 Å². The molecule has 0 fully saturated rings.